The summed E-state index contributed by atoms with van der Waals surface area (Å²) in [6.45, 7) is 5.33. The molecule has 1 aromatic carbocycles. The molecule has 5 heteroatoms. The predicted molar refractivity (Wildman–Crippen MR) is 81.9 cm³/mol. The van der Waals surface area contributed by atoms with E-state index in [4.69, 9.17) is 14.3 Å². The lowest BCUT2D eigenvalue weighted by molar-refractivity contribution is -0.132. The van der Waals surface area contributed by atoms with Crippen LogP contribution in [0, 0.1) is 13.8 Å². The number of benzene rings is 1. The van der Waals surface area contributed by atoms with E-state index < -0.39 is 0 Å². The van der Waals surface area contributed by atoms with Crippen molar-refractivity contribution in [2.45, 2.75) is 58.1 Å². The molecule has 3 rings (SSSR count). The Labute approximate surface area is 130 Å². The zero-order valence-electron chi connectivity index (χ0n) is 13.6. The van der Waals surface area contributed by atoms with Gasteiger partial charge < -0.3 is 14.3 Å². The first kappa shape index (κ1) is 15.3. The fourth-order valence-corrected chi connectivity index (χ4v) is 3.63. The average Bonchev–Trinajstić information content (AvgIpc) is 2.41. The van der Waals surface area contributed by atoms with E-state index in [2.05, 4.69) is 5.48 Å². The molecule has 1 spiro atoms. The molecule has 1 aromatic rings. The Morgan fingerprint density at radius 1 is 1.41 bits per heavy atom. The fraction of sp³-hybridized carbons (Fsp3) is 0.588. The van der Waals surface area contributed by atoms with Crippen LogP contribution in [0.15, 0.2) is 6.07 Å². The summed E-state index contributed by atoms with van der Waals surface area (Å²) in [6.07, 6.45) is 4.24. The minimum absolute atomic E-state index is 0.0453. The van der Waals surface area contributed by atoms with Gasteiger partial charge in [0.25, 0.3) is 0 Å². The van der Waals surface area contributed by atoms with Crippen LogP contribution in [0.3, 0.4) is 0 Å². The summed E-state index contributed by atoms with van der Waals surface area (Å²) < 4.78 is 11.7. The molecule has 22 heavy (non-hydrogen) atoms. The summed E-state index contributed by atoms with van der Waals surface area (Å²) in [5, 5.41) is 0. The first-order chi connectivity index (χ1) is 10.5. The third kappa shape index (κ3) is 2.48. The van der Waals surface area contributed by atoms with Gasteiger partial charge in [-0.25, -0.2) is 0 Å². The second-order valence-corrected chi connectivity index (χ2v) is 6.37. The summed E-state index contributed by atoms with van der Waals surface area (Å²) in [6, 6.07) is 2.02. The summed E-state index contributed by atoms with van der Waals surface area (Å²) in [7, 11) is 1.62. The van der Waals surface area contributed by atoms with Crippen molar-refractivity contribution < 1.29 is 19.1 Å². The van der Waals surface area contributed by atoms with E-state index in [1.807, 2.05) is 19.9 Å². The highest BCUT2D eigenvalue weighted by Crippen LogP contribution is 2.51. The Balaban J connectivity index is 2.07. The third-order valence-electron chi connectivity index (χ3n) is 4.74. The SMILES string of the molecule is CONC1CC2(CCC2)Oc2cc(C)c(OC(C)=O)c(C)c21. The standard InChI is InChI=1S/C17H23NO4/c1-10-8-14-15(11(2)16(10)21-12(3)19)13(18-20-4)9-17(22-14)6-5-7-17/h8,13,18H,5-7,9H2,1-4H3. The number of ether oxygens (including phenoxy) is 2. The minimum Gasteiger partial charge on any atom is -0.487 e. The smallest absolute Gasteiger partial charge is 0.308 e. The monoisotopic (exact) mass is 305 g/mol. The van der Waals surface area contributed by atoms with Crippen molar-refractivity contribution in [3.63, 3.8) is 0 Å². The van der Waals surface area contributed by atoms with Crippen molar-refractivity contribution in [3.8, 4) is 11.5 Å². The summed E-state index contributed by atoms with van der Waals surface area (Å²) in [5.74, 6) is 1.20. The molecular weight excluding hydrogens is 282 g/mol. The zero-order chi connectivity index (χ0) is 15.9. The molecule has 1 aliphatic heterocycles. The highest BCUT2D eigenvalue weighted by Gasteiger charge is 2.46. The highest BCUT2D eigenvalue weighted by molar-refractivity contribution is 5.71. The molecule has 120 valence electrons. The molecule has 0 amide bonds. The number of aryl methyl sites for hydroxylation is 1. The molecule has 5 nitrogen and oxygen atoms in total. The molecule has 0 bridgehead atoms. The van der Waals surface area contributed by atoms with Gasteiger partial charge in [-0.05, 0) is 44.7 Å². The van der Waals surface area contributed by atoms with Crippen molar-refractivity contribution in [3.05, 3.63) is 22.8 Å². The molecule has 0 saturated heterocycles. The zero-order valence-corrected chi connectivity index (χ0v) is 13.6. The number of nitrogens with one attached hydrogen (secondary N) is 1. The molecule has 1 unspecified atom stereocenters. The first-order valence-electron chi connectivity index (χ1n) is 7.76. The van der Waals surface area contributed by atoms with Gasteiger partial charge in [-0.1, -0.05) is 0 Å². The van der Waals surface area contributed by atoms with Crippen LogP contribution in [0.5, 0.6) is 11.5 Å². The van der Waals surface area contributed by atoms with Crippen LogP contribution in [-0.4, -0.2) is 18.7 Å². The molecule has 1 fully saturated rings. The Morgan fingerprint density at radius 3 is 2.68 bits per heavy atom. The second-order valence-electron chi connectivity index (χ2n) is 6.37. The number of esters is 1. The number of carbonyl (C=O) groups excluding carboxylic acids is 1. The number of fused-ring (bicyclic) bond motifs is 1. The fourth-order valence-electron chi connectivity index (χ4n) is 3.63. The van der Waals surface area contributed by atoms with E-state index in [0.29, 0.717) is 5.75 Å². The van der Waals surface area contributed by atoms with Crippen molar-refractivity contribution in [1.82, 2.24) is 5.48 Å². The van der Waals surface area contributed by atoms with E-state index in [-0.39, 0.29) is 17.6 Å². The lowest BCUT2D eigenvalue weighted by Crippen LogP contribution is -2.49. The van der Waals surface area contributed by atoms with Crippen molar-refractivity contribution in [2.75, 3.05) is 7.11 Å². The maximum absolute atomic E-state index is 11.4. The van der Waals surface area contributed by atoms with Crippen LogP contribution in [-0.2, 0) is 9.63 Å². The lowest BCUT2D eigenvalue weighted by Gasteiger charge is -2.48. The summed E-state index contributed by atoms with van der Waals surface area (Å²) >= 11 is 0. The van der Waals surface area contributed by atoms with Gasteiger partial charge in [0.1, 0.15) is 17.1 Å². The van der Waals surface area contributed by atoms with Crippen LogP contribution in [0.4, 0.5) is 0 Å². The molecular formula is C17H23NO4. The van der Waals surface area contributed by atoms with Crippen LogP contribution in [0.25, 0.3) is 0 Å². The number of carbonyl (C=O) groups is 1. The number of rotatable bonds is 3. The molecule has 0 aromatic heterocycles. The van der Waals surface area contributed by atoms with Gasteiger partial charge in [-0.3, -0.25) is 4.79 Å². The number of hydroxylamine groups is 1. The van der Waals surface area contributed by atoms with E-state index in [9.17, 15) is 4.79 Å². The highest BCUT2D eigenvalue weighted by atomic mass is 16.6. The largest absolute Gasteiger partial charge is 0.487 e. The van der Waals surface area contributed by atoms with Gasteiger partial charge in [0.15, 0.2) is 0 Å². The van der Waals surface area contributed by atoms with Gasteiger partial charge in [0.05, 0.1) is 13.2 Å². The maximum Gasteiger partial charge on any atom is 0.308 e. The van der Waals surface area contributed by atoms with Gasteiger partial charge in [-0.15, -0.1) is 0 Å². The minimum atomic E-state index is -0.311. The topological polar surface area (TPSA) is 56.8 Å². The van der Waals surface area contributed by atoms with Gasteiger partial charge in [0, 0.05) is 24.5 Å². The van der Waals surface area contributed by atoms with Crippen LogP contribution in [0.2, 0.25) is 0 Å². The quantitative estimate of drug-likeness (QED) is 0.528. The van der Waals surface area contributed by atoms with E-state index in [1.54, 1.807) is 7.11 Å². The molecule has 1 aliphatic carbocycles. The van der Waals surface area contributed by atoms with Crippen molar-refractivity contribution in [2.24, 2.45) is 0 Å². The third-order valence-corrected chi connectivity index (χ3v) is 4.74. The molecule has 1 heterocycles. The maximum atomic E-state index is 11.4. The van der Waals surface area contributed by atoms with Crippen LogP contribution >= 0.6 is 0 Å². The summed E-state index contributed by atoms with van der Waals surface area (Å²) in [4.78, 5) is 16.6. The Kier molecular flexibility index (Phi) is 3.87. The molecule has 1 atom stereocenters. The molecule has 1 saturated carbocycles. The molecule has 1 N–H and O–H groups in total. The normalized spacial score (nSPS) is 21.7. The lowest BCUT2D eigenvalue weighted by atomic mass is 9.72. The van der Waals surface area contributed by atoms with E-state index in [1.165, 1.54) is 13.3 Å². The summed E-state index contributed by atoms with van der Waals surface area (Å²) in [5.41, 5.74) is 5.90. The average molecular weight is 305 g/mol. The van der Waals surface area contributed by atoms with Crippen molar-refractivity contribution in [1.29, 1.82) is 0 Å². The van der Waals surface area contributed by atoms with Crippen LogP contribution in [0.1, 0.15) is 55.3 Å². The second kappa shape index (κ2) is 5.56. The van der Waals surface area contributed by atoms with Gasteiger partial charge >= 0.3 is 5.97 Å². The predicted octanol–water partition coefficient (Wildman–Crippen LogP) is 3.13. The van der Waals surface area contributed by atoms with Gasteiger partial charge in [0.2, 0.25) is 0 Å². The van der Waals surface area contributed by atoms with Crippen molar-refractivity contribution >= 4 is 5.97 Å². The Bertz CT molecular complexity index is 607. The Hall–Kier alpha value is -1.59. The number of hydrogen-bond donors (Lipinski definition) is 1. The van der Waals surface area contributed by atoms with E-state index >= 15 is 0 Å². The van der Waals surface area contributed by atoms with E-state index in [0.717, 1.165) is 41.7 Å². The molecule has 2 aliphatic rings. The first-order valence-corrected chi connectivity index (χ1v) is 7.76. The van der Waals surface area contributed by atoms with Crippen LogP contribution < -0.4 is 15.0 Å². The molecule has 0 radical (unpaired) electrons. The Morgan fingerprint density at radius 2 is 2.14 bits per heavy atom. The van der Waals surface area contributed by atoms with Gasteiger partial charge in [-0.2, -0.15) is 5.48 Å². The number of hydrogen-bond acceptors (Lipinski definition) is 5.